The highest BCUT2D eigenvalue weighted by Crippen LogP contribution is 2.29. The fourth-order valence-corrected chi connectivity index (χ4v) is 2.51. The zero-order chi connectivity index (χ0) is 14.1. The molecule has 1 aliphatic heterocycles. The molecule has 3 rings (SSSR count). The topological polar surface area (TPSA) is 72.8 Å². The Hall–Kier alpha value is -2.27. The summed E-state index contributed by atoms with van der Waals surface area (Å²) in [6, 6.07) is 7.89. The minimum Gasteiger partial charge on any atom is -0.508 e. The highest BCUT2D eigenvalue weighted by Gasteiger charge is 2.19. The molecule has 2 aromatic carbocycles. The van der Waals surface area contributed by atoms with Crippen LogP contribution in [0.2, 0.25) is 0 Å². The van der Waals surface area contributed by atoms with Gasteiger partial charge in [-0.05, 0) is 35.7 Å². The van der Waals surface area contributed by atoms with E-state index in [-0.39, 0.29) is 17.4 Å². The average Bonchev–Trinajstić information content (AvgIpc) is 2.46. The fraction of sp³-hybridized carbons (Fsp3) is 0.267. The number of nitrogens with zero attached hydrogens (tertiary/aromatic N) is 1. The zero-order valence-corrected chi connectivity index (χ0v) is 11.0. The summed E-state index contributed by atoms with van der Waals surface area (Å²) in [4.78, 5) is 14.2. The van der Waals surface area contributed by atoms with Crippen LogP contribution in [0.3, 0.4) is 0 Å². The van der Waals surface area contributed by atoms with Gasteiger partial charge in [-0.3, -0.25) is 4.79 Å². The van der Waals surface area contributed by atoms with Crippen LogP contribution >= 0.6 is 0 Å². The van der Waals surface area contributed by atoms with Crippen molar-refractivity contribution in [2.75, 3.05) is 26.2 Å². The van der Waals surface area contributed by atoms with Gasteiger partial charge in [0.25, 0.3) is 5.91 Å². The molecule has 5 nitrogen and oxygen atoms in total. The van der Waals surface area contributed by atoms with E-state index in [4.69, 9.17) is 0 Å². The molecule has 0 spiro atoms. The van der Waals surface area contributed by atoms with Gasteiger partial charge in [0.15, 0.2) is 0 Å². The van der Waals surface area contributed by atoms with E-state index in [0.29, 0.717) is 29.4 Å². The number of hydrogen-bond donors (Lipinski definition) is 3. The van der Waals surface area contributed by atoms with E-state index in [9.17, 15) is 15.0 Å². The summed E-state index contributed by atoms with van der Waals surface area (Å²) in [5.74, 6) is 0.0803. The zero-order valence-electron chi connectivity index (χ0n) is 11.0. The Kier molecular flexibility index (Phi) is 3.20. The molecule has 104 valence electrons. The molecule has 0 aromatic heterocycles. The molecule has 3 N–H and O–H groups in total. The maximum Gasteiger partial charge on any atom is 0.254 e. The number of hydrogen-bond acceptors (Lipinski definition) is 4. The second kappa shape index (κ2) is 5.02. The second-order valence-electron chi connectivity index (χ2n) is 4.94. The van der Waals surface area contributed by atoms with Crippen LogP contribution in [0.1, 0.15) is 10.4 Å². The maximum absolute atomic E-state index is 12.4. The van der Waals surface area contributed by atoms with Crippen molar-refractivity contribution in [1.82, 2.24) is 10.2 Å². The van der Waals surface area contributed by atoms with Crippen LogP contribution in [0.4, 0.5) is 0 Å². The Morgan fingerprint density at radius 2 is 1.85 bits per heavy atom. The third kappa shape index (κ3) is 2.28. The summed E-state index contributed by atoms with van der Waals surface area (Å²) in [7, 11) is 0. The Balaban J connectivity index is 2.00. The van der Waals surface area contributed by atoms with Crippen molar-refractivity contribution in [3.8, 4) is 11.5 Å². The number of carbonyl (C=O) groups is 1. The third-order valence-corrected chi connectivity index (χ3v) is 3.57. The van der Waals surface area contributed by atoms with Gasteiger partial charge in [-0.25, -0.2) is 0 Å². The maximum atomic E-state index is 12.4. The van der Waals surface area contributed by atoms with Crippen LogP contribution in [-0.2, 0) is 0 Å². The molecule has 1 saturated heterocycles. The van der Waals surface area contributed by atoms with E-state index >= 15 is 0 Å². The van der Waals surface area contributed by atoms with Crippen molar-refractivity contribution < 1.29 is 15.0 Å². The lowest BCUT2D eigenvalue weighted by Gasteiger charge is -2.27. The molecule has 0 radical (unpaired) electrons. The molecule has 5 heteroatoms. The van der Waals surface area contributed by atoms with Gasteiger partial charge in [-0.2, -0.15) is 0 Å². The molecule has 1 amide bonds. The lowest BCUT2D eigenvalue weighted by Crippen LogP contribution is -2.46. The molecular weight excluding hydrogens is 256 g/mol. The molecule has 0 atom stereocenters. The molecule has 20 heavy (non-hydrogen) atoms. The molecule has 0 unspecified atom stereocenters. The van der Waals surface area contributed by atoms with E-state index in [1.807, 2.05) is 0 Å². The third-order valence-electron chi connectivity index (χ3n) is 3.57. The second-order valence-corrected chi connectivity index (χ2v) is 4.94. The molecule has 1 heterocycles. The Morgan fingerprint density at radius 3 is 2.60 bits per heavy atom. The Bertz CT molecular complexity index is 663. The minimum absolute atomic E-state index is 0.0565. The van der Waals surface area contributed by atoms with Crippen molar-refractivity contribution in [3.05, 3.63) is 35.9 Å². The quantitative estimate of drug-likeness (QED) is 0.731. The minimum atomic E-state index is -0.0907. The first kappa shape index (κ1) is 12.7. The van der Waals surface area contributed by atoms with E-state index in [2.05, 4.69) is 5.32 Å². The molecule has 1 aliphatic rings. The normalized spacial score (nSPS) is 15.5. The van der Waals surface area contributed by atoms with Crippen LogP contribution in [-0.4, -0.2) is 47.2 Å². The number of nitrogens with one attached hydrogen (secondary N) is 1. The first-order chi connectivity index (χ1) is 9.65. The summed E-state index contributed by atoms with van der Waals surface area (Å²) in [6.45, 7) is 2.90. The summed E-state index contributed by atoms with van der Waals surface area (Å²) in [6.07, 6.45) is 0. The number of carbonyl (C=O) groups excluding carboxylic acids is 1. The highest BCUT2D eigenvalue weighted by atomic mass is 16.3. The van der Waals surface area contributed by atoms with Crippen molar-refractivity contribution in [1.29, 1.82) is 0 Å². The van der Waals surface area contributed by atoms with E-state index in [1.165, 1.54) is 12.1 Å². The van der Waals surface area contributed by atoms with E-state index in [0.717, 1.165) is 13.1 Å². The molecule has 0 bridgehead atoms. The van der Waals surface area contributed by atoms with Crippen molar-refractivity contribution >= 4 is 16.7 Å². The van der Waals surface area contributed by atoms with Crippen molar-refractivity contribution in [3.63, 3.8) is 0 Å². The van der Waals surface area contributed by atoms with Crippen LogP contribution in [0.25, 0.3) is 10.8 Å². The highest BCUT2D eigenvalue weighted by molar-refractivity contribution is 6.01. The van der Waals surface area contributed by atoms with Gasteiger partial charge < -0.3 is 20.4 Å². The lowest BCUT2D eigenvalue weighted by molar-refractivity contribution is 0.0735. The monoisotopic (exact) mass is 272 g/mol. The lowest BCUT2D eigenvalue weighted by atomic mass is 10.0. The predicted molar refractivity (Wildman–Crippen MR) is 76.1 cm³/mol. The number of aromatic hydroxyl groups is 2. The predicted octanol–water partition coefficient (Wildman–Crippen LogP) is 1.30. The van der Waals surface area contributed by atoms with Crippen molar-refractivity contribution in [2.24, 2.45) is 0 Å². The average molecular weight is 272 g/mol. The van der Waals surface area contributed by atoms with Crippen LogP contribution in [0.5, 0.6) is 11.5 Å². The van der Waals surface area contributed by atoms with Gasteiger partial charge in [0.1, 0.15) is 11.5 Å². The number of amides is 1. The Labute approximate surface area is 116 Å². The van der Waals surface area contributed by atoms with Gasteiger partial charge in [0, 0.05) is 37.1 Å². The summed E-state index contributed by atoms with van der Waals surface area (Å²) >= 11 is 0. The van der Waals surface area contributed by atoms with Gasteiger partial charge in [0.05, 0.1) is 0 Å². The smallest absolute Gasteiger partial charge is 0.254 e. The van der Waals surface area contributed by atoms with Crippen LogP contribution in [0, 0.1) is 0 Å². The first-order valence-electron chi connectivity index (χ1n) is 6.61. The number of rotatable bonds is 1. The van der Waals surface area contributed by atoms with Crippen molar-refractivity contribution in [2.45, 2.75) is 0 Å². The summed E-state index contributed by atoms with van der Waals surface area (Å²) in [5.41, 5.74) is 0.447. The molecule has 1 fully saturated rings. The molecular formula is C15H16N2O3. The van der Waals surface area contributed by atoms with Gasteiger partial charge >= 0.3 is 0 Å². The van der Waals surface area contributed by atoms with E-state index in [1.54, 1.807) is 23.1 Å². The van der Waals surface area contributed by atoms with Gasteiger partial charge in [-0.15, -0.1) is 0 Å². The van der Waals surface area contributed by atoms with Gasteiger partial charge in [0.2, 0.25) is 0 Å². The van der Waals surface area contributed by atoms with Crippen LogP contribution < -0.4 is 5.32 Å². The first-order valence-corrected chi connectivity index (χ1v) is 6.61. The molecule has 2 aromatic rings. The standard InChI is InChI=1S/C15H16N2O3/c18-12-1-2-13-10(8-12)7-11(9-14(13)19)15(20)17-5-3-16-4-6-17/h1-2,7-9,16,18-19H,3-6H2. The number of benzene rings is 2. The molecule has 0 aliphatic carbocycles. The number of phenols is 2. The number of phenolic OH excluding ortho intramolecular Hbond substituents is 2. The largest absolute Gasteiger partial charge is 0.508 e. The van der Waals surface area contributed by atoms with E-state index < -0.39 is 0 Å². The SMILES string of the molecule is O=C(c1cc(O)c2ccc(O)cc2c1)N1CCNCC1. The molecule has 0 saturated carbocycles. The number of fused-ring (bicyclic) bond motifs is 1. The fourth-order valence-electron chi connectivity index (χ4n) is 2.51. The number of piperazine rings is 1. The summed E-state index contributed by atoms with van der Waals surface area (Å²) < 4.78 is 0. The van der Waals surface area contributed by atoms with Crippen LogP contribution in [0.15, 0.2) is 30.3 Å². The van der Waals surface area contributed by atoms with Gasteiger partial charge in [-0.1, -0.05) is 0 Å². The Morgan fingerprint density at radius 1 is 1.10 bits per heavy atom. The summed E-state index contributed by atoms with van der Waals surface area (Å²) in [5, 5.41) is 24.0.